The van der Waals surface area contributed by atoms with Crippen LogP contribution in [0.25, 0.3) is 0 Å². The maximum atomic E-state index is 8.99. The lowest BCUT2D eigenvalue weighted by Gasteiger charge is -2.09. The number of rotatable bonds is 5. The number of nitrogens with one attached hydrogen (secondary N) is 1. The average Bonchev–Trinajstić information content (AvgIpc) is 2.42. The minimum absolute atomic E-state index is 0.107. The highest BCUT2D eigenvalue weighted by atomic mass is 16.3. The van der Waals surface area contributed by atoms with Crippen molar-refractivity contribution in [2.24, 2.45) is 0 Å². The van der Waals surface area contributed by atoms with Crippen LogP contribution in [-0.4, -0.2) is 5.11 Å². The standard InChI is InChI=1S/C17H21NO/c1-13-3-8-17(14(2)9-13)11-18-10-15-4-6-16(12-19)7-5-15/h3-9,18-19H,10-12H2,1-2H3. The number of aliphatic hydroxyl groups excluding tert-OH is 1. The van der Waals surface area contributed by atoms with Crippen molar-refractivity contribution in [3.05, 3.63) is 70.3 Å². The predicted molar refractivity (Wildman–Crippen MR) is 78.8 cm³/mol. The largest absolute Gasteiger partial charge is 0.392 e. The summed E-state index contributed by atoms with van der Waals surface area (Å²) in [6.07, 6.45) is 0. The van der Waals surface area contributed by atoms with Gasteiger partial charge in [0.1, 0.15) is 0 Å². The summed E-state index contributed by atoms with van der Waals surface area (Å²) < 4.78 is 0. The summed E-state index contributed by atoms with van der Waals surface area (Å²) in [6.45, 7) is 6.11. The second-order valence-electron chi connectivity index (χ2n) is 5.01. The van der Waals surface area contributed by atoms with Crippen molar-refractivity contribution < 1.29 is 5.11 Å². The fourth-order valence-electron chi connectivity index (χ4n) is 2.15. The molecule has 0 saturated heterocycles. The zero-order valence-electron chi connectivity index (χ0n) is 11.6. The molecule has 2 heteroatoms. The number of hydrogen-bond acceptors (Lipinski definition) is 2. The van der Waals surface area contributed by atoms with E-state index < -0.39 is 0 Å². The Bertz CT molecular complexity index is 531. The first kappa shape index (κ1) is 13.8. The van der Waals surface area contributed by atoms with E-state index in [1.807, 2.05) is 12.1 Å². The molecule has 0 bridgehead atoms. The molecule has 0 aromatic heterocycles. The third kappa shape index (κ3) is 3.91. The van der Waals surface area contributed by atoms with Gasteiger partial charge < -0.3 is 10.4 Å². The zero-order valence-corrected chi connectivity index (χ0v) is 11.6. The molecule has 0 heterocycles. The quantitative estimate of drug-likeness (QED) is 0.860. The van der Waals surface area contributed by atoms with E-state index in [-0.39, 0.29) is 6.61 Å². The fourth-order valence-corrected chi connectivity index (χ4v) is 2.15. The summed E-state index contributed by atoms with van der Waals surface area (Å²) in [5.74, 6) is 0. The number of hydrogen-bond donors (Lipinski definition) is 2. The molecule has 0 aliphatic heterocycles. The van der Waals surface area contributed by atoms with Crippen molar-refractivity contribution in [1.82, 2.24) is 5.32 Å². The monoisotopic (exact) mass is 255 g/mol. The minimum atomic E-state index is 0.107. The van der Waals surface area contributed by atoms with E-state index in [1.165, 1.54) is 22.3 Å². The first-order valence-corrected chi connectivity index (χ1v) is 6.64. The van der Waals surface area contributed by atoms with Crippen LogP contribution in [0.3, 0.4) is 0 Å². The van der Waals surface area contributed by atoms with E-state index in [0.717, 1.165) is 18.7 Å². The number of benzene rings is 2. The van der Waals surface area contributed by atoms with Gasteiger partial charge in [0.2, 0.25) is 0 Å². The third-order valence-electron chi connectivity index (χ3n) is 3.35. The van der Waals surface area contributed by atoms with Gasteiger partial charge in [-0.2, -0.15) is 0 Å². The Hall–Kier alpha value is -1.64. The molecule has 0 spiro atoms. The minimum Gasteiger partial charge on any atom is -0.392 e. The van der Waals surface area contributed by atoms with E-state index in [1.54, 1.807) is 0 Å². The van der Waals surface area contributed by atoms with Gasteiger partial charge >= 0.3 is 0 Å². The second-order valence-corrected chi connectivity index (χ2v) is 5.01. The third-order valence-corrected chi connectivity index (χ3v) is 3.35. The summed E-state index contributed by atoms with van der Waals surface area (Å²) in [5, 5.41) is 12.4. The smallest absolute Gasteiger partial charge is 0.0681 e. The summed E-state index contributed by atoms with van der Waals surface area (Å²) in [7, 11) is 0. The molecular formula is C17H21NO. The maximum absolute atomic E-state index is 8.99. The van der Waals surface area contributed by atoms with Crippen LogP contribution < -0.4 is 5.32 Å². The van der Waals surface area contributed by atoms with Gasteiger partial charge in [0, 0.05) is 13.1 Å². The van der Waals surface area contributed by atoms with Gasteiger partial charge in [0.05, 0.1) is 6.61 Å². The summed E-state index contributed by atoms with van der Waals surface area (Å²) >= 11 is 0. The topological polar surface area (TPSA) is 32.3 Å². The van der Waals surface area contributed by atoms with Gasteiger partial charge in [-0.25, -0.2) is 0 Å². The summed E-state index contributed by atoms with van der Waals surface area (Å²) in [6, 6.07) is 14.6. The molecule has 0 aliphatic rings. The molecule has 0 atom stereocenters. The molecule has 0 amide bonds. The molecule has 0 aliphatic carbocycles. The molecule has 2 nitrogen and oxygen atoms in total. The van der Waals surface area contributed by atoms with E-state index in [0.29, 0.717) is 0 Å². The van der Waals surface area contributed by atoms with Crippen molar-refractivity contribution >= 4 is 0 Å². The molecule has 2 aromatic carbocycles. The van der Waals surface area contributed by atoms with Gasteiger partial charge in [-0.05, 0) is 36.1 Å². The van der Waals surface area contributed by atoms with Crippen molar-refractivity contribution in [1.29, 1.82) is 0 Å². The van der Waals surface area contributed by atoms with Crippen LogP contribution in [0.5, 0.6) is 0 Å². The Labute approximate surface area is 115 Å². The Morgan fingerprint density at radius 1 is 0.895 bits per heavy atom. The second kappa shape index (κ2) is 6.50. The molecule has 100 valence electrons. The van der Waals surface area contributed by atoms with Crippen LogP contribution in [0.4, 0.5) is 0 Å². The van der Waals surface area contributed by atoms with E-state index in [4.69, 9.17) is 5.11 Å². The van der Waals surface area contributed by atoms with Crippen molar-refractivity contribution in [2.45, 2.75) is 33.5 Å². The Kier molecular flexibility index (Phi) is 4.72. The molecule has 2 N–H and O–H groups in total. The van der Waals surface area contributed by atoms with Crippen molar-refractivity contribution in [3.8, 4) is 0 Å². The van der Waals surface area contributed by atoms with Crippen LogP contribution in [0.1, 0.15) is 27.8 Å². The van der Waals surface area contributed by atoms with Crippen LogP contribution in [0.15, 0.2) is 42.5 Å². The number of aryl methyl sites for hydroxylation is 2. The van der Waals surface area contributed by atoms with Gasteiger partial charge in [-0.1, -0.05) is 48.0 Å². The highest BCUT2D eigenvalue weighted by Gasteiger charge is 1.99. The predicted octanol–water partition coefficient (Wildman–Crippen LogP) is 3.09. The highest BCUT2D eigenvalue weighted by molar-refractivity contribution is 5.30. The Morgan fingerprint density at radius 2 is 1.58 bits per heavy atom. The van der Waals surface area contributed by atoms with E-state index in [2.05, 4.69) is 49.5 Å². The Morgan fingerprint density at radius 3 is 2.21 bits per heavy atom. The lowest BCUT2D eigenvalue weighted by Crippen LogP contribution is -2.13. The lowest BCUT2D eigenvalue weighted by molar-refractivity contribution is 0.282. The fraction of sp³-hybridized carbons (Fsp3) is 0.294. The first-order valence-electron chi connectivity index (χ1n) is 6.64. The normalized spacial score (nSPS) is 10.7. The maximum Gasteiger partial charge on any atom is 0.0681 e. The molecule has 2 rings (SSSR count). The van der Waals surface area contributed by atoms with Crippen molar-refractivity contribution in [3.63, 3.8) is 0 Å². The molecule has 19 heavy (non-hydrogen) atoms. The molecule has 0 saturated carbocycles. The zero-order chi connectivity index (χ0) is 13.7. The first-order chi connectivity index (χ1) is 9.19. The Balaban J connectivity index is 1.88. The van der Waals surface area contributed by atoms with Gasteiger partial charge in [-0.15, -0.1) is 0 Å². The van der Waals surface area contributed by atoms with Gasteiger partial charge in [-0.3, -0.25) is 0 Å². The van der Waals surface area contributed by atoms with Crippen LogP contribution in [0, 0.1) is 13.8 Å². The molecule has 2 aromatic rings. The van der Waals surface area contributed by atoms with Crippen LogP contribution >= 0.6 is 0 Å². The van der Waals surface area contributed by atoms with Crippen molar-refractivity contribution in [2.75, 3.05) is 0 Å². The summed E-state index contributed by atoms with van der Waals surface area (Å²) in [5.41, 5.74) is 6.18. The van der Waals surface area contributed by atoms with Crippen LogP contribution in [0.2, 0.25) is 0 Å². The van der Waals surface area contributed by atoms with Gasteiger partial charge in [0.15, 0.2) is 0 Å². The molecule has 0 radical (unpaired) electrons. The number of aliphatic hydroxyl groups is 1. The molecule has 0 fully saturated rings. The average molecular weight is 255 g/mol. The summed E-state index contributed by atoms with van der Waals surface area (Å²) in [4.78, 5) is 0. The van der Waals surface area contributed by atoms with Gasteiger partial charge in [0.25, 0.3) is 0 Å². The molecule has 0 unspecified atom stereocenters. The highest BCUT2D eigenvalue weighted by Crippen LogP contribution is 2.10. The lowest BCUT2D eigenvalue weighted by atomic mass is 10.1. The van der Waals surface area contributed by atoms with Crippen LogP contribution in [-0.2, 0) is 19.7 Å². The SMILES string of the molecule is Cc1ccc(CNCc2ccc(CO)cc2)c(C)c1. The van der Waals surface area contributed by atoms with E-state index >= 15 is 0 Å². The van der Waals surface area contributed by atoms with E-state index in [9.17, 15) is 0 Å². The molecular weight excluding hydrogens is 234 g/mol.